The van der Waals surface area contributed by atoms with Crippen LogP contribution in [0.3, 0.4) is 0 Å². The number of amides is 1. The van der Waals surface area contributed by atoms with E-state index in [1.54, 1.807) is 0 Å². The Morgan fingerprint density at radius 3 is 1.46 bits per heavy atom. The number of carbonyl (C=O) groups is 1. The third-order valence-electron chi connectivity index (χ3n) is 11.7. The van der Waals surface area contributed by atoms with Crippen molar-refractivity contribution in [2.24, 2.45) is 0 Å². The van der Waals surface area contributed by atoms with Gasteiger partial charge in [-0.3, -0.25) is 4.79 Å². The molecule has 8 N–H and O–H groups in total. The number of aliphatic hydroxyl groups is 7. The van der Waals surface area contributed by atoms with Crippen LogP contribution in [0.2, 0.25) is 0 Å². The van der Waals surface area contributed by atoms with Crippen LogP contribution in [0.15, 0.2) is 24.3 Å². The van der Waals surface area contributed by atoms with Crippen LogP contribution < -0.4 is 5.32 Å². The van der Waals surface area contributed by atoms with Crippen LogP contribution in [0, 0.1) is 0 Å². The Labute approximate surface area is 359 Å². The molecule has 348 valence electrons. The number of aliphatic hydroxyl groups excluding tert-OH is 7. The summed E-state index contributed by atoms with van der Waals surface area (Å²) in [6.07, 6.45) is 30.9. The molecule has 0 radical (unpaired) electrons. The molecule has 0 aromatic carbocycles. The van der Waals surface area contributed by atoms with Gasteiger partial charge in [0.15, 0.2) is 6.29 Å². The van der Waals surface area contributed by atoms with E-state index < -0.39 is 74.2 Å². The van der Waals surface area contributed by atoms with Crippen LogP contribution in [0.1, 0.15) is 206 Å². The van der Waals surface area contributed by atoms with E-state index in [0.717, 1.165) is 38.5 Å². The van der Waals surface area contributed by atoms with E-state index in [1.807, 2.05) is 0 Å². The molecular weight excluding hydrogens is 751 g/mol. The topological polar surface area (TPSA) is 189 Å². The molecular formula is C48H91NO10. The van der Waals surface area contributed by atoms with E-state index in [4.69, 9.17) is 9.47 Å². The van der Waals surface area contributed by atoms with Crippen LogP contribution in [0.5, 0.6) is 0 Å². The molecule has 11 heteroatoms. The van der Waals surface area contributed by atoms with Gasteiger partial charge in [-0.2, -0.15) is 0 Å². The van der Waals surface area contributed by atoms with Gasteiger partial charge in [0.1, 0.15) is 36.6 Å². The van der Waals surface area contributed by atoms with Gasteiger partial charge in [-0.05, 0) is 64.2 Å². The minimum atomic E-state index is -1.67. The second-order valence-corrected chi connectivity index (χ2v) is 17.2. The largest absolute Gasteiger partial charge is 0.394 e. The Bertz CT molecular complexity index is 1010. The van der Waals surface area contributed by atoms with Crippen LogP contribution in [0.25, 0.3) is 0 Å². The summed E-state index contributed by atoms with van der Waals surface area (Å²) in [5.41, 5.74) is 0. The monoisotopic (exact) mass is 842 g/mol. The molecule has 1 heterocycles. The second-order valence-electron chi connectivity index (χ2n) is 17.2. The maximum atomic E-state index is 13.1. The number of hydrogen-bond acceptors (Lipinski definition) is 10. The van der Waals surface area contributed by atoms with Crippen LogP contribution in [-0.2, 0) is 14.3 Å². The molecule has 1 rings (SSSR count). The summed E-state index contributed by atoms with van der Waals surface area (Å²) >= 11 is 0. The minimum absolute atomic E-state index is 0.253. The van der Waals surface area contributed by atoms with Gasteiger partial charge in [0.2, 0.25) is 5.91 Å². The smallest absolute Gasteiger partial charge is 0.249 e. The molecule has 3 unspecified atom stereocenters. The van der Waals surface area contributed by atoms with Gasteiger partial charge in [-0.1, -0.05) is 167 Å². The van der Waals surface area contributed by atoms with Crippen molar-refractivity contribution in [3.63, 3.8) is 0 Å². The molecule has 1 fully saturated rings. The van der Waals surface area contributed by atoms with Gasteiger partial charge in [-0.15, -0.1) is 0 Å². The lowest BCUT2D eigenvalue weighted by atomic mass is 9.98. The molecule has 0 aromatic heterocycles. The Hall–Kier alpha value is -1.41. The van der Waals surface area contributed by atoms with Gasteiger partial charge < -0.3 is 50.5 Å². The molecule has 0 saturated carbocycles. The summed E-state index contributed by atoms with van der Waals surface area (Å²) in [5, 5.41) is 75.6. The van der Waals surface area contributed by atoms with Crippen molar-refractivity contribution in [1.29, 1.82) is 0 Å². The zero-order chi connectivity index (χ0) is 43.4. The van der Waals surface area contributed by atoms with E-state index in [2.05, 4.69) is 43.5 Å². The van der Waals surface area contributed by atoms with E-state index in [0.29, 0.717) is 12.8 Å². The van der Waals surface area contributed by atoms with Crippen LogP contribution in [0.4, 0.5) is 0 Å². The average molecular weight is 842 g/mol. The fraction of sp³-hybridized carbons (Fsp3) is 0.896. The van der Waals surface area contributed by atoms with Crippen LogP contribution >= 0.6 is 0 Å². The van der Waals surface area contributed by atoms with Crippen molar-refractivity contribution in [2.45, 2.75) is 262 Å². The standard InChI is InChI=1S/C48H91NO10/c1-3-5-7-9-11-13-15-17-18-19-20-21-22-23-24-26-28-30-32-34-36-41(52)47(57)49-39(38-58-48-46(56)45(55)44(54)42(37-50)59-48)43(53)40(51)35-33-31-29-27-25-16-14-12-10-8-6-4-2/h17-18,27,29,39-46,48,50-56H,3-16,19-26,28,30-38H2,1-2H3,(H,49,57)/b18-17+,29-27+/t39-,40+,41+,42?,43-,44+,45?,46?,48+/m0/s1. The fourth-order valence-corrected chi connectivity index (χ4v) is 7.67. The first-order chi connectivity index (χ1) is 28.7. The van der Waals surface area contributed by atoms with E-state index in [9.17, 15) is 40.5 Å². The molecule has 9 atom stereocenters. The molecule has 0 aliphatic carbocycles. The minimum Gasteiger partial charge on any atom is -0.394 e. The third kappa shape index (κ3) is 28.0. The number of allylic oxidation sites excluding steroid dienone is 4. The third-order valence-corrected chi connectivity index (χ3v) is 11.7. The van der Waals surface area contributed by atoms with E-state index in [-0.39, 0.29) is 12.8 Å². The fourth-order valence-electron chi connectivity index (χ4n) is 7.67. The maximum Gasteiger partial charge on any atom is 0.249 e. The quantitative estimate of drug-likeness (QED) is 0.0221. The highest BCUT2D eigenvalue weighted by molar-refractivity contribution is 5.80. The van der Waals surface area contributed by atoms with E-state index in [1.165, 1.54) is 128 Å². The Kier molecular flexibility index (Phi) is 36.1. The van der Waals surface area contributed by atoms with E-state index >= 15 is 0 Å². The van der Waals surface area contributed by atoms with Gasteiger partial charge in [0.05, 0.1) is 25.4 Å². The second kappa shape index (κ2) is 38.3. The summed E-state index contributed by atoms with van der Waals surface area (Å²) in [5.74, 6) is -0.708. The highest BCUT2D eigenvalue weighted by Gasteiger charge is 2.44. The number of carbonyl (C=O) groups excluding carboxylic acids is 1. The molecule has 59 heavy (non-hydrogen) atoms. The summed E-state index contributed by atoms with van der Waals surface area (Å²) in [6.45, 7) is 3.41. The van der Waals surface area contributed by atoms with Gasteiger partial charge >= 0.3 is 0 Å². The molecule has 11 nitrogen and oxygen atoms in total. The zero-order valence-electron chi connectivity index (χ0n) is 37.5. The highest BCUT2D eigenvalue weighted by Crippen LogP contribution is 2.23. The van der Waals surface area contributed by atoms with Crippen LogP contribution in [-0.4, -0.2) is 110 Å². The van der Waals surface area contributed by atoms with Crippen molar-refractivity contribution in [3.8, 4) is 0 Å². The zero-order valence-corrected chi connectivity index (χ0v) is 37.5. The summed E-state index contributed by atoms with van der Waals surface area (Å²) < 4.78 is 11.1. The lowest BCUT2D eigenvalue weighted by molar-refractivity contribution is -0.303. The van der Waals surface area contributed by atoms with Crippen molar-refractivity contribution < 1.29 is 50.0 Å². The number of nitrogens with one attached hydrogen (secondary N) is 1. The molecule has 0 aromatic rings. The summed E-state index contributed by atoms with van der Waals surface area (Å²) in [7, 11) is 0. The molecule has 1 aliphatic heterocycles. The summed E-state index contributed by atoms with van der Waals surface area (Å²) in [6, 6.07) is -1.18. The van der Waals surface area contributed by atoms with Crippen molar-refractivity contribution >= 4 is 5.91 Å². The Morgan fingerprint density at radius 1 is 0.576 bits per heavy atom. The highest BCUT2D eigenvalue weighted by atomic mass is 16.7. The molecule has 0 bridgehead atoms. The maximum absolute atomic E-state index is 13.1. The Morgan fingerprint density at radius 2 is 1.00 bits per heavy atom. The first-order valence-electron chi connectivity index (χ1n) is 24.2. The van der Waals surface area contributed by atoms with Gasteiger partial charge in [0, 0.05) is 0 Å². The van der Waals surface area contributed by atoms with Gasteiger partial charge in [0.25, 0.3) is 0 Å². The SMILES string of the molecule is CCCCCCCC/C=C/CCCCCCCCCCCC[C@@H](O)C(=O)N[C@@H](CO[C@@H]1OC(CO)[C@@H](O)C(O)C1O)[C@H](O)[C@H](O)CCC/C=C/CCCCCCCCC. The van der Waals surface area contributed by atoms with Gasteiger partial charge in [-0.25, -0.2) is 0 Å². The number of ether oxygens (including phenoxy) is 2. The predicted molar refractivity (Wildman–Crippen MR) is 238 cm³/mol. The van der Waals surface area contributed by atoms with Crippen molar-refractivity contribution in [1.82, 2.24) is 5.32 Å². The molecule has 1 saturated heterocycles. The van der Waals surface area contributed by atoms with Crippen molar-refractivity contribution in [2.75, 3.05) is 13.2 Å². The number of unbranched alkanes of at least 4 members (excludes halogenated alkanes) is 24. The number of rotatable bonds is 40. The lowest BCUT2D eigenvalue weighted by Crippen LogP contribution is -2.60. The lowest BCUT2D eigenvalue weighted by Gasteiger charge is -2.40. The summed E-state index contributed by atoms with van der Waals surface area (Å²) in [4.78, 5) is 13.1. The molecule has 0 spiro atoms. The first kappa shape index (κ1) is 55.6. The number of hydrogen-bond donors (Lipinski definition) is 8. The normalized spacial score (nSPS) is 21.9. The Balaban J connectivity index is 2.41. The van der Waals surface area contributed by atoms with Crippen molar-refractivity contribution in [3.05, 3.63) is 24.3 Å². The predicted octanol–water partition coefficient (Wildman–Crippen LogP) is 8.23. The molecule has 1 aliphatic rings. The molecule has 1 amide bonds. The first-order valence-corrected chi connectivity index (χ1v) is 24.2. The average Bonchev–Trinajstić information content (AvgIpc) is 3.23.